The predicted octanol–water partition coefficient (Wildman–Crippen LogP) is 1.99. The van der Waals surface area contributed by atoms with Gasteiger partial charge in [-0.3, -0.25) is 0 Å². The van der Waals surface area contributed by atoms with Gasteiger partial charge in [0.2, 0.25) is 0 Å². The number of hydrogen-bond acceptors (Lipinski definition) is 2. The normalized spacial score (nSPS) is 39.6. The largest absolute Gasteiger partial charge is 0.371 e. The molecule has 0 spiro atoms. The average Bonchev–Trinajstić information content (AvgIpc) is 2.53. The number of nitrogens with two attached hydrogens (primary N) is 1. The molecule has 0 aromatic heterocycles. The van der Waals surface area contributed by atoms with E-state index in [4.69, 9.17) is 10.5 Å². The first-order chi connectivity index (χ1) is 6.34. The van der Waals surface area contributed by atoms with Gasteiger partial charge >= 0.3 is 0 Å². The lowest BCUT2D eigenvalue weighted by Gasteiger charge is -2.21. The van der Waals surface area contributed by atoms with Crippen LogP contribution in [0.5, 0.6) is 0 Å². The predicted molar refractivity (Wildman–Crippen MR) is 53.5 cm³/mol. The molecule has 0 aromatic rings. The molecule has 0 heterocycles. The minimum Gasteiger partial charge on any atom is -0.371 e. The molecule has 0 aromatic carbocycles. The number of ether oxygens (including phenoxy) is 1. The standard InChI is InChI=1S/C11H19NO/c12-9-6-7-11(8-9)13-10-4-2-1-3-5-10/h2,4,9-11H,1,3,5-8,12H2. The van der Waals surface area contributed by atoms with Crippen LogP contribution in [0.4, 0.5) is 0 Å². The first kappa shape index (κ1) is 9.22. The van der Waals surface area contributed by atoms with Gasteiger partial charge in [-0.15, -0.1) is 0 Å². The Morgan fingerprint density at radius 1 is 1.23 bits per heavy atom. The van der Waals surface area contributed by atoms with Crippen molar-refractivity contribution in [3.63, 3.8) is 0 Å². The van der Waals surface area contributed by atoms with Crippen LogP contribution in [0.1, 0.15) is 38.5 Å². The van der Waals surface area contributed by atoms with Crippen molar-refractivity contribution in [1.82, 2.24) is 0 Å². The van der Waals surface area contributed by atoms with E-state index >= 15 is 0 Å². The second-order valence-electron chi connectivity index (χ2n) is 4.23. The monoisotopic (exact) mass is 181 g/mol. The van der Waals surface area contributed by atoms with Crippen LogP contribution in [0.25, 0.3) is 0 Å². The van der Waals surface area contributed by atoms with E-state index < -0.39 is 0 Å². The van der Waals surface area contributed by atoms with Gasteiger partial charge in [0.05, 0.1) is 12.2 Å². The molecule has 3 unspecified atom stereocenters. The van der Waals surface area contributed by atoms with Crippen LogP contribution >= 0.6 is 0 Å². The lowest BCUT2D eigenvalue weighted by atomic mass is 10.1. The highest BCUT2D eigenvalue weighted by molar-refractivity contribution is 4.95. The van der Waals surface area contributed by atoms with E-state index in [9.17, 15) is 0 Å². The van der Waals surface area contributed by atoms with Gasteiger partial charge in [0.1, 0.15) is 0 Å². The maximum Gasteiger partial charge on any atom is 0.0759 e. The van der Waals surface area contributed by atoms with Crippen LogP contribution in [0.15, 0.2) is 12.2 Å². The Bertz CT molecular complexity index is 191. The molecule has 3 atom stereocenters. The Hall–Kier alpha value is -0.340. The highest BCUT2D eigenvalue weighted by Crippen LogP contribution is 2.24. The summed E-state index contributed by atoms with van der Waals surface area (Å²) in [6.07, 6.45) is 12.3. The minimum absolute atomic E-state index is 0.379. The number of hydrogen-bond donors (Lipinski definition) is 1. The number of allylic oxidation sites excluding steroid dienone is 1. The van der Waals surface area contributed by atoms with Gasteiger partial charge in [0.15, 0.2) is 0 Å². The van der Waals surface area contributed by atoms with Crippen LogP contribution in [0.2, 0.25) is 0 Å². The van der Waals surface area contributed by atoms with Gasteiger partial charge in [-0.25, -0.2) is 0 Å². The molecule has 0 radical (unpaired) electrons. The highest BCUT2D eigenvalue weighted by atomic mass is 16.5. The summed E-state index contributed by atoms with van der Waals surface area (Å²) in [4.78, 5) is 0. The molecule has 0 amide bonds. The Kier molecular flexibility index (Phi) is 3.01. The fraction of sp³-hybridized carbons (Fsp3) is 0.818. The van der Waals surface area contributed by atoms with Crippen molar-refractivity contribution in [2.24, 2.45) is 5.73 Å². The summed E-state index contributed by atoms with van der Waals surface area (Å²) in [7, 11) is 0. The van der Waals surface area contributed by atoms with Crippen molar-refractivity contribution >= 4 is 0 Å². The first-order valence-corrected chi connectivity index (χ1v) is 5.42. The van der Waals surface area contributed by atoms with E-state index in [0.29, 0.717) is 18.2 Å². The third-order valence-electron chi connectivity index (χ3n) is 3.00. The SMILES string of the molecule is NC1CCC(OC2C=CCCC2)C1. The summed E-state index contributed by atoms with van der Waals surface area (Å²) >= 11 is 0. The van der Waals surface area contributed by atoms with Crippen molar-refractivity contribution in [3.8, 4) is 0 Å². The smallest absolute Gasteiger partial charge is 0.0759 e. The zero-order chi connectivity index (χ0) is 9.10. The van der Waals surface area contributed by atoms with Crippen molar-refractivity contribution < 1.29 is 4.74 Å². The zero-order valence-corrected chi connectivity index (χ0v) is 8.11. The molecule has 0 bridgehead atoms. The number of rotatable bonds is 2. The van der Waals surface area contributed by atoms with Gasteiger partial charge in [-0.05, 0) is 38.5 Å². The lowest BCUT2D eigenvalue weighted by molar-refractivity contribution is 0.0103. The van der Waals surface area contributed by atoms with Crippen LogP contribution in [0.3, 0.4) is 0 Å². The van der Waals surface area contributed by atoms with E-state index in [2.05, 4.69) is 12.2 Å². The third kappa shape index (κ3) is 2.55. The molecule has 2 rings (SSSR count). The van der Waals surface area contributed by atoms with Crippen molar-refractivity contribution in [3.05, 3.63) is 12.2 Å². The Labute approximate surface area is 80.1 Å². The molecule has 2 aliphatic rings. The second-order valence-corrected chi connectivity index (χ2v) is 4.23. The van der Waals surface area contributed by atoms with Gasteiger partial charge in [-0.1, -0.05) is 12.2 Å². The quantitative estimate of drug-likeness (QED) is 0.661. The maximum absolute atomic E-state index is 5.96. The molecule has 2 heteroatoms. The first-order valence-electron chi connectivity index (χ1n) is 5.42. The second kappa shape index (κ2) is 4.25. The zero-order valence-electron chi connectivity index (χ0n) is 8.11. The highest BCUT2D eigenvalue weighted by Gasteiger charge is 2.24. The maximum atomic E-state index is 5.96. The van der Waals surface area contributed by atoms with Crippen LogP contribution in [0, 0.1) is 0 Å². The molecule has 0 aliphatic heterocycles. The molecular formula is C11H19NO. The lowest BCUT2D eigenvalue weighted by Crippen LogP contribution is -2.22. The Balaban J connectivity index is 1.77. The van der Waals surface area contributed by atoms with E-state index in [1.54, 1.807) is 0 Å². The molecule has 2 aliphatic carbocycles. The van der Waals surface area contributed by atoms with Gasteiger partial charge < -0.3 is 10.5 Å². The summed E-state index contributed by atoms with van der Waals surface area (Å²) in [5.74, 6) is 0. The summed E-state index contributed by atoms with van der Waals surface area (Å²) < 4.78 is 5.96. The van der Waals surface area contributed by atoms with Crippen molar-refractivity contribution in [1.29, 1.82) is 0 Å². The molecule has 74 valence electrons. The average molecular weight is 181 g/mol. The summed E-state index contributed by atoms with van der Waals surface area (Å²) in [6, 6.07) is 0.387. The van der Waals surface area contributed by atoms with Gasteiger partial charge in [0.25, 0.3) is 0 Å². The topological polar surface area (TPSA) is 35.2 Å². The molecule has 1 saturated carbocycles. The Morgan fingerprint density at radius 3 is 2.77 bits per heavy atom. The molecule has 13 heavy (non-hydrogen) atoms. The van der Waals surface area contributed by atoms with Crippen LogP contribution in [-0.4, -0.2) is 18.2 Å². The fourth-order valence-corrected chi connectivity index (χ4v) is 2.24. The summed E-state index contributed by atoms with van der Waals surface area (Å²) in [6.45, 7) is 0. The van der Waals surface area contributed by atoms with Gasteiger partial charge in [0, 0.05) is 6.04 Å². The van der Waals surface area contributed by atoms with Crippen LogP contribution in [-0.2, 0) is 4.74 Å². The van der Waals surface area contributed by atoms with E-state index in [1.165, 1.54) is 19.3 Å². The molecule has 2 nitrogen and oxygen atoms in total. The van der Waals surface area contributed by atoms with E-state index in [-0.39, 0.29) is 0 Å². The fourth-order valence-electron chi connectivity index (χ4n) is 2.24. The summed E-state index contributed by atoms with van der Waals surface area (Å²) in [5.41, 5.74) is 5.83. The Morgan fingerprint density at radius 2 is 2.15 bits per heavy atom. The van der Waals surface area contributed by atoms with E-state index in [1.807, 2.05) is 0 Å². The van der Waals surface area contributed by atoms with Crippen molar-refractivity contribution in [2.45, 2.75) is 56.8 Å². The van der Waals surface area contributed by atoms with Gasteiger partial charge in [-0.2, -0.15) is 0 Å². The van der Waals surface area contributed by atoms with Crippen molar-refractivity contribution in [2.75, 3.05) is 0 Å². The molecule has 0 saturated heterocycles. The minimum atomic E-state index is 0.379. The summed E-state index contributed by atoms with van der Waals surface area (Å²) in [5, 5.41) is 0. The van der Waals surface area contributed by atoms with E-state index in [0.717, 1.165) is 19.3 Å². The molecular weight excluding hydrogens is 162 g/mol. The molecule has 1 fully saturated rings. The molecule has 2 N–H and O–H groups in total. The van der Waals surface area contributed by atoms with Crippen LogP contribution < -0.4 is 5.73 Å². The third-order valence-corrected chi connectivity index (χ3v) is 3.00.